The van der Waals surface area contributed by atoms with Crippen LogP contribution in [0.1, 0.15) is 63.9 Å². The number of nitrogens with one attached hydrogen (secondary N) is 1. The molecule has 0 saturated heterocycles. The van der Waals surface area contributed by atoms with E-state index in [4.69, 9.17) is 4.74 Å². The number of benzene rings is 1. The minimum absolute atomic E-state index is 0.928. The average Bonchev–Trinajstić information content (AvgIpc) is 2.50. The molecule has 0 amide bonds. The minimum Gasteiger partial charge on any atom is -0.497 e. The smallest absolute Gasteiger partial charge is 0.118 e. The summed E-state index contributed by atoms with van der Waals surface area (Å²) in [6.45, 7) is 4.36. The highest BCUT2D eigenvalue weighted by Crippen LogP contribution is 2.11. The van der Waals surface area contributed by atoms with Gasteiger partial charge in [-0.25, -0.2) is 0 Å². The first-order chi connectivity index (χ1) is 9.86. The van der Waals surface area contributed by atoms with E-state index in [1.807, 2.05) is 12.1 Å². The lowest BCUT2D eigenvalue weighted by Gasteiger charge is -2.06. The van der Waals surface area contributed by atoms with Crippen molar-refractivity contribution in [2.45, 2.75) is 64.8 Å². The fourth-order valence-corrected chi connectivity index (χ4v) is 2.36. The second-order valence-corrected chi connectivity index (χ2v) is 5.50. The summed E-state index contributed by atoms with van der Waals surface area (Å²) in [6.07, 6.45) is 11.1. The van der Waals surface area contributed by atoms with E-state index in [1.165, 1.54) is 56.9 Å². The number of hydrogen-bond donors (Lipinski definition) is 1. The van der Waals surface area contributed by atoms with Crippen molar-refractivity contribution in [2.75, 3.05) is 13.7 Å². The monoisotopic (exact) mass is 277 g/mol. The van der Waals surface area contributed by atoms with Crippen molar-refractivity contribution in [2.24, 2.45) is 0 Å². The van der Waals surface area contributed by atoms with Crippen LogP contribution in [-0.2, 0) is 6.54 Å². The maximum Gasteiger partial charge on any atom is 0.118 e. The van der Waals surface area contributed by atoms with Crippen LogP contribution in [-0.4, -0.2) is 13.7 Å². The molecule has 0 heterocycles. The summed E-state index contributed by atoms with van der Waals surface area (Å²) in [5.74, 6) is 0.928. The van der Waals surface area contributed by atoms with Crippen molar-refractivity contribution in [3.05, 3.63) is 29.8 Å². The zero-order valence-electron chi connectivity index (χ0n) is 13.3. The fourth-order valence-electron chi connectivity index (χ4n) is 2.36. The molecule has 0 saturated carbocycles. The molecule has 1 aromatic rings. The minimum atomic E-state index is 0.928. The predicted octanol–water partition coefficient (Wildman–Crippen LogP) is 4.93. The molecule has 0 aliphatic carbocycles. The van der Waals surface area contributed by atoms with Gasteiger partial charge in [0.15, 0.2) is 0 Å². The Morgan fingerprint density at radius 2 is 1.45 bits per heavy atom. The van der Waals surface area contributed by atoms with Crippen LogP contribution in [0.4, 0.5) is 0 Å². The highest BCUT2D eigenvalue weighted by atomic mass is 16.5. The van der Waals surface area contributed by atoms with Gasteiger partial charge < -0.3 is 10.1 Å². The molecule has 0 unspecified atom stereocenters. The first kappa shape index (κ1) is 17.0. The normalized spacial score (nSPS) is 10.7. The van der Waals surface area contributed by atoms with Gasteiger partial charge in [0.1, 0.15) is 5.75 Å². The lowest BCUT2D eigenvalue weighted by molar-refractivity contribution is 0.414. The van der Waals surface area contributed by atoms with E-state index in [0.717, 1.165) is 18.8 Å². The third kappa shape index (κ3) is 8.21. The molecule has 0 fully saturated rings. The van der Waals surface area contributed by atoms with Crippen LogP contribution in [0.5, 0.6) is 5.75 Å². The lowest BCUT2D eigenvalue weighted by atomic mass is 10.1. The van der Waals surface area contributed by atoms with Gasteiger partial charge in [-0.15, -0.1) is 0 Å². The summed E-state index contributed by atoms with van der Waals surface area (Å²) >= 11 is 0. The number of methoxy groups -OCH3 is 1. The molecular weight excluding hydrogens is 246 g/mol. The molecule has 0 radical (unpaired) electrons. The number of rotatable bonds is 12. The summed E-state index contributed by atoms with van der Waals surface area (Å²) in [5, 5.41) is 3.51. The van der Waals surface area contributed by atoms with Crippen molar-refractivity contribution >= 4 is 0 Å². The van der Waals surface area contributed by atoms with E-state index >= 15 is 0 Å². The van der Waals surface area contributed by atoms with Gasteiger partial charge >= 0.3 is 0 Å². The molecule has 0 aliphatic heterocycles. The largest absolute Gasteiger partial charge is 0.497 e. The lowest BCUT2D eigenvalue weighted by Crippen LogP contribution is -2.14. The molecule has 0 aliphatic rings. The Bertz CT molecular complexity index is 321. The number of ether oxygens (including phenoxy) is 1. The second-order valence-electron chi connectivity index (χ2n) is 5.50. The highest BCUT2D eigenvalue weighted by Gasteiger charge is 1.95. The molecular formula is C18H31NO. The first-order valence-electron chi connectivity index (χ1n) is 8.20. The second kappa shape index (κ2) is 11.8. The van der Waals surface area contributed by atoms with Crippen LogP contribution in [0.15, 0.2) is 24.3 Å². The van der Waals surface area contributed by atoms with E-state index in [-0.39, 0.29) is 0 Å². The van der Waals surface area contributed by atoms with Gasteiger partial charge in [0.25, 0.3) is 0 Å². The Hall–Kier alpha value is -1.02. The van der Waals surface area contributed by atoms with Gasteiger partial charge in [-0.2, -0.15) is 0 Å². The average molecular weight is 277 g/mol. The van der Waals surface area contributed by atoms with Crippen LogP contribution in [0.3, 0.4) is 0 Å². The number of unbranched alkanes of at least 4 members (excludes halogenated alkanes) is 7. The van der Waals surface area contributed by atoms with Crippen molar-refractivity contribution in [3.8, 4) is 5.75 Å². The molecule has 0 atom stereocenters. The maximum atomic E-state index is 5.15. The maximum absolute atomic E-state index is 5.15. The van der Waals surface area contributed by atoms with Crippen molar-refractivity contribution in [1.29, 1.82) is 0 Å². The van der Waals surface area contributed by atoms with Crippen molar-refractivity contribution in [1.82, 2.24) is 5.32 Å². The summed E-state index contributed by atoms with van der Waals surface area (Å²) in [6, 6.07) is 8.29. The predicted molar refractivity (Wildman–Crippen MR) is 87.3 cm³/mol. The van der Waals surface area contributed by atoms with Crippen LogP contribution in [0.2, 0.25) is 0 Å². The molecule has 2 nitrogen and oxygen atoms in total. The van der Waals surface area contributed by atoms with Crippen LogP contribution < -0.4 is 10.1 Å². The van der Waals surface area contributed by atoms with E-state index < -0.39 is 0 Å². The quantitative estimate of drug-likeness (QED) is 0.547. The van der Waals surface area contributed by atoms with E-state index in [0.29, 0.717) is 0 Å². The molecule has 1 rings (SSSR count). The molecule has 114 valence electrons. The first-order valence-corrected chi connectivity index (χ1v) is 8.20. The van der Waals surface area contributed by atoms with Gasteiger partial charge in [-0.05, 0) is 30.7 Å². The molecule has 0 spiro atoms. The Morgan fingerprint density at radius 3 is 2.05 bits per heavy atom. The highest BCUT2D eigenvalue weighted by molar-refractivity contribution is 5.26. The van der Waals surface area contributed by atoms with E-state index in [2.05, 4.69) is 24.4 Å². The molecule has 0 bridgehead atoms. The number of hydrogen-bond acceptors (Lipinski definition) is 2. The van der Waals surface area contributed by atoms with Gasteiger partial charge in [0.2, 0.25) is 0 Å². The molecule has 2 heteroatoms. The Kier molecular flexibility index (Phi) is 10.0. The zero-order chi connectivity index (χ0) is 14.5. The fraction of sp³-hybridized carbons (Fsp3) is 0.667. The third-order valence-corrected chi connectivity index (χ3v) is 3.70. The Balaban J connectivity index is 1.91. The van der Waals surface area contributed by atoms with Crippen LogP contribution in [0.25, 0.3) is 0 Å². The SMILES string of the molecule is CCCCCCCCCCNCc1ccc(OC)cc1. The van der Waals surface area contributed by atoms with Gasteiger partial charge in [-0.3, -0.25) is 0 Å². The summed E-state index contributed by atoms with van der Waals surface area (Å²) in [5.41, 5.74) is 1.32. The van der Waals surface area contributed by atoms with Crippen molar-refractivity contribution < 1.29 is 4.74 Å². The van der Waals surface area contributed by atoms with Crippen LogP contribution >= 0.6 is 0 Å². The van der Waals surface area contributed by atoms with E-state index in [1.54, 1.807) is 7.11 Å². The molecule has 0 aromatic heterocycles. The van der Waals surface area contributed by atoms with Gasteiger partial charge in [0, 0.05) is 6.54 Å². The Labute approximate surface area is 124 Å². The van der Waals surface area contributed by atoms with Gasteiger partial charge in [-0.1, -0.05) is 64.0 Å². The molecule has 20 heavy (non-hydrogen) atoms. The molecule has 1 N–H and O–H groups in total. The zero-order valence-corrected chi connectivity index (χ0v) is 13.3. The topological polar surface area (TPSA) is 21.3 Å². The summed E-state index contributed by atoms with van der Waals surface area (Å²) in [7, 11) is 1.70. The summed E-state index contributed by atoms with van der Waals surface area (Å²) < 4.78 is 5.15. The van der Waals surface area contributed by atoms with E-state index in [9.17, 15) is 0 Å². The Morgan fingerprint density at radius 1 is 0.850 bits per heavy atom. The third-order valence-electron chi connectivity index (χ3n) is 3.70. The standard InChI is InChI=1S/C18H31NO/c1-3-4-5-6-7-8-9-10-15-19-16-17-11-13-18(20-2)14-12-17/h11-14,19H,3-10,15-16H2,1-2H3. The molecule has 1 aromatic carbocycles. The van der Waals surface area contributed by atoms with Gasteiger partial charge in [0.05, 0.1) is 7.11 Å². The summed E-state index contributed by atoms with van der Waals surface area (Å²) in [4.78, 5) is 0. The van der Waals surface area contributed by atoms with Crippen molar-refractivity contribution in [3.63, 3.8) is 0 Å². The van der Waals surface area contributed by atoms with Crippen LogP contribution in [0, 0.1) is 0 Å².